The molecule has 0 aliphatic carbocycles. The van der Waals surface area contributed by atoms with Gasteiger partial charge in [0.25, 0.3) is 5.91 Å². The third-order valence-corrected chi connectivity index (χ3v) is 3.43. The summed E-state index contributed by atoms with van der Waals surface area (Å²) in [4.78, 5) is 11.9. The van der Waals surface area contributed by atoms with E-state index in [1.54, 1.807) is 18.2 Å². The number of benzene rings is 1. The summed E-state index contributed by atoms with van der Waals surface area (Å²) >= 11 is 11.7. The summed E-state index contributed by atoms with van der Waals surface area (Å²) in [6.45, 7) is 2.67. The van der Waals surface area contributed by atoms with Gasteiger partial charge in [0.2, 0.25) is 0 Å². The second-order valence-corrected chi connectivity index (χ2v) is 4.88. The maximum Gasteiger partial charge on any atom is 0.251 e. The number of morpholine rings is 1. The second kappa shape index (κ2) is 6.38. The molecule has 1 aromatic carbocycles. The molecule has 0 spiro atoms. The Morgan fingerprint density at radius 2 is 2.28 bits per heavy atom. The molecule has 1 amide bonds. The van der Waals surface area contributed by atoms with E-state index in [9.17, 15) is 4.79 Å². The first-order valence-electron chi connectivity index (χ1n) is 5.71. The summed E-state index contributed by atoms with van der Waals surface area (Å²) in [5.74, 6) is -0.166. The average molecular weight is 289 g/mol. The fourth-order valence-electron chi connectivity index (χ4n) is 1.71. The van der Waals surface area contributed by atoms with Crippen molar-refractivity contribution < 1.29 is 9.53 Å². The van der Waals surface area contributed by atoms with Gasteiger partial charge in [0.15, 0.2) is 0 Å². The Bertz CT molecular complexity index is 434. The van der Waals surface area contributed by atoms with Crippen molar-refractivity contribution >= 4 is 29.1 Å². The van der Waals surface area contributed by atoms with E-state index in [0.29, 0.717) is 28.8 Å². The zero-order valence-electron chi connectivity index (χ0n) is 9.71. The van der Waals surface area contributed by atoms with Crippen LogP contribution in [0.5, 0.6) is 0 Å². The van der Waals surface area contributed by atoms with Gasteiger partial charge in [0.05, 0.1) is 23.3 Å². The molecule has 18 heavy (non-hydrogen) atoms. The van der Waals surface area contributed by atoms with Crippen molar-refractivity contribution in [2.45, 2.75) is 6.04 Å². The number of rotatable bonds is 3. The van der Waals surface area contributed by atoms with Crippen molar-refractivity contribution in [3.8, 4) is 0 Å². The van der Waals surface area contributed by atoms with Gasteiger partial charge in [-0.1, -0.05) is 23.2 Å². The van der Waals surface area contributed by atoms with E-state index in [4.69, 9.17) is 27.9 Å². The molecule has 0 saturated carbocycles. The molecule has 2 N–H and O–H groups in total. The molecule has 98 valence electrons. The van der Waals surface area contributed by atoms with E-state index in [1.165, 1.54) is 0 Å². The lowest BCUT2D eigenvalue weighted by molar-refractivity contribution is 0.0734. The third-order valence-electron chi connectivity index (χ3n) is 2.69. The molecule has 1 aliphatic heterocycles. The predicted molar refractivity (Wildman–Crippen MR) is 71.4 cm³/mol. The lowest BCUT2D eigenvalue weighted by Crippen LogP contribution is -2.48. The summed E-state index contributed by atoms with van der Waals surface area (Å²) in [5, 5.41) is 6.91. The summed E-state index contributed by atoms with van der Waals surface area (Å²) in [6.07, 6.45) is 0. The van der Waals surface area contributed by atoms with Crippen LogP contribution in [-0.4, -0.2) is 38.3 Å². The van der Waals surface area contributed by atoms with Crippen LogP contribution in [0.4, 0.5) is 0 Å². The normalized spacial score (nSPS) is 19.6. The van der Waals surface area contributed by atoms with Crippen LogP contribution in [0, 0.1) is 0 Å². The summed E-state index contributed by atoms with van der Waals surface area (Å²) < 4.78 is 5.30. The predicted octanol–water partition coefficient (Wildman–Crippen LogP) is 1.71. The van der Waals surface area contributed by atoms with Crippen LogP contribution < -0.4 is 10.6 Å². The number of nitrogens with one attached hydrogen (secondary N) is 2. The number of carbonyl (C=O) groups is 1. The van der Waals surface area contributed by atoms with Gasteiger partial charge in [-0.15, -0.1) is 0 Å². The van der Waals surface area contributed by atoms with E-state index in [-0.39, 0.29) is 11.9 Å². The molecule has 6 heteroatoms. The molecule has 2 rings (SSSR count). The van der Waals surface area contributed by atoms with Crippen molar-refractivity contribution in [2.75, 3.05) is 26.3 Å². The fraction of sp³-hybridized carbons (Fsp3) is 0.417. The molecule has 1 unspecified atom stereocenters. The Morgan fingerprint density at radius 1 is 1.44 bits per heavy atom. The Hall–Kier alpha value is -0.810. The quantitative estimate of drug-likeness (QED) is 0.890. The molecule has 0 radical (unpaired) electrons. The number of hydrogen-bond donors (Lipinski definition) is 2. The average Bonchev–Trinajstić information content (AvgIpc) is 2.40. The van der Waals surface area contributed by atoms with Crippen LogP contribution in [0.1, 0.15) is 10.4 Å². The summed E-state index contributed by atoms with van der Waals surface area (Å²) in [7, 11) is 0. The first-order chi connectivity index (χ1) is 8.66. The van der Waals surface area contributed by atoms with Crippen LogP contribution in [-0.2, 0) is 4.74 Å². The highest BCUT2D eigenvalue weighted by Gasteiger charge is 2.14. The minimum Gasteiger partial charge on any atom is -0.378 e. The Labute approximate surface area is 116 Å². The van der Waals surface area contributed by atoms with E-state index in [1.807, 2.05) is 0 Å². The van der Waals surface area contributed by atoms with Crippen LogP contribution in [0.3, 0.4) is 0 Å². The van der Waals surface area contributed by atoms with Crippen LogP contribution in [0.15, 0.2) is 18.2 Å². The van der Waals surface area contributed by atoms with Crippen molar-refractivity contribution in [3.05, 3.63) is 33.8 Å². The van der Waals surface area contributed by atoms with Gasteiger partial charge in [-0.25, -0.2) is 0 Å². The number of ether oxygens (including phenoxy) is 1. The Kier molecular flexibility index (Phi) is 4.83. The molecule has 1 atom stereocenters. The second-order valence-electron chi connectivity index (χ2n) is 4.06. The van der Waals surface area contributed by atoms with Gasteiger partial charge < -0.3 is 15.4 Å². The largest absolute Gasteiger partial charge is 0.378 e. The zero-order valence-corrected chi connectivity index (χ0v) is 11.2. The SMILES string of the molecule is O=C(NCC1COCCN1)c1ccc(Cl)c(Cl)c1. The smallest absolute Gasteiger partial charge is 0.251 e. The lowest BCUT2D eigenvalue weighted by atomic mass is 10.2. The molecule has 1 saturated heterocycles. The van der Waals surface area contributed by atoms with Gasteiger partial charge in [-0.2, -0.15) is 0 Å². The maximum absolute atomic E-state index is 11.9. The van der Waals surface area contributed by atoms with Gasteiger partial charge in [0.1, 0.15) is 0 Å². The van der Waals surface area contributed by atoms with Crippen molar-refractivity contribution in [2.24, 2.45) is 0 Å². The first kappa shape index (κ1) is 13.6. The molecule has 1 fully saturated rings. The molecule has 4 nitrogen and oxygen atoms in total. The maximum atomic E-state index is 11.9. The Balaban J connectivity index is 1.88. The van der Waals surface area contributed by atoms with Crippen molar-refractivity contribution in [1.82, 2.24) is 10.6 Å². The topological polar surface area (TPSA) is 50.4 Å². The summed E-state index contributed by atoms with van der Waals surface area (Å²) in [5.41, 5.74) is 0.501. The highest BCUT2D eigenvalue weighted by Crippen LogP contribution is 2.22. The first-order valence-corrected chi connectivity index (χ1v) is 6.47. The lowest BCUT2D eigenvalue weighted by Gasteiger charge is -2.23. The number of amides is 1. The van der Waals surface area contributed by atoms with Gasteiger partial charge in [0, 0.05) is 24.7 Å². The number of halogens is 2. The van der Waals surface area contributed by atoms with Gasteiger partial charge in [-0.05, 0) is 18.2 Å². The molecule has 1 aromatic rings. The van der Waals surface area contributed by atoms with E-state index >= 15 is 0 Å². The van der Waals surface area contributed by atoms with E-state index < -0.39 is 0 Å². The zero-order chi connectivity index (χ0) is 13.0. The molecule has 1 aliphatic rings. The van der Waals surface area contributed by atoms with Crippen LogP contribution in [0.2, 0.25) is 10.0 Å². The van der Waals surface area contributed by atoms with E-state index in [0.717, 1.165) is 13.2 Å². The minimum absolute atomic E-state index is 0.158. The van der Waals surface area contributed by atoms with Crippen molar-refractivity contribution in [3.63, 3.8) is 0 Å². The summed E-state index contributed by atoms with van der Waals surface area (Å²) in [6, 6.07) is 4.98. The highest BCUT2D eigenvalue weighted by atomic mass is 35.5. The van der Waals surface area contributed by atoms with Gasteiger partial charge >= 0.3 is 0 Å². The molecular weight excluding hydrogens is 275 g/mol. The monoisotopic (exact) mass is 288 g/mol. The Morgan fingerprint density at radius 3 is 2.94 bits per heavy atom. The van der Waals surface area contributed by atoms with Gasteiger partial charge in [-0.3, -0.25) is 4.79 Å². The standard InChI is InChI=1S/C12H14Cl2N2O2/c13-10-2-1-8(5-11(10)14)12(17)16-6-9-7-18-4-3-15-9/h1-2,5,9,15H,3-4,6-7H2,(H,16,17). The molecule has 1 heterocycles. The molecule has 0 bridgehead atoms. The fourth-order valence-corrected chi connectivity index (χ4v) is 2.00. The third kappa shape index (κ3) is 3.59. The minimum atomic E-state index is -0.166. The number of hydrogen-bond acceptors (Lipinski definition) is 3. The van der Waals surface area contributed by atoms with Crippen LogP contribution >= 0.6 is 23.2 Å². The molecular formula is C12H14Cl2N2O2. The molecule has 0 aromatic heterocycles. The van der Waals surface area contributed by atoms with Crippen molar-refractivity contribution in [1.29, 1.82) is 0 Å². The van der Waals surface area contributed by atoms with Crippen LogP contribution in [0.25, 0.3) is 0 Å². The van der Waals surface area contributed by atoms with E-state index in [2.05, 4.69) is 10.6 Å². The number of carbonyl (C=O) groups excluding carboxylic acids is 1. The highest BCUT2D eigenvalue weighted by molar-refractivity contribution is 6.42.